The summed E-state index contributed by atoms with van der Waals surface area (Å²) in [6.07, 6.45) is 1.53. The fourth-order valence-electron chi connectivity index (χ4n) is 2.90. The highest BCUT2D eigenvalue weighted by Crippen LogP contribution is 2.19. The van der Waals surface area contributed by atoms with E-state index in [4.69, 9.17) is 5.73 Å². The summed E-state index contributed by atoms with van der Waals surface area (Å²) in [5, 5.41) is 0. The monoisotopic (exact) mass is 326 g/mol. The van der Waals surface area contributed by atoms with Gasteiger partial charge in [-0.15, -0.1) is 0 Å². The number of piperidine rings is 1. The smallest absolute Gasteiger partial charge is 0.254 e. The maximum atomic E-state index is 13.1. The van der Waals surface area contributed by atoms with Gasteiger partial charge in [0, 0.05) is 30.3 Å². The number of likely N-dealkylation sites (tertiary alicyclic amines) is 1. The summed E-state index contributed by atoms with van der Waals surface area (Å²) in [5.74, 6) is -0.846. The lowest BCUT2D eigenvalue weighted by Crippen LogP contribution is -2.43. The summed E-state index contributed by atoms with van der Waals surface area (Å²) in [4.78, 5) is 27.2. The Labute approximate surface area is 140 Å². The van der Waals surface area contributed by atoms with Crippen LogP contribution < -0.4 is 5.73 Å². The summed E-state index contributed by atoms with van der Waals surface area (Å²) >= 11 is 0. The van der Waals surface area contributed by atoms with Crippen LogP contribution in [0.1, 0.15) is 39.1 Å². The van der Waals surface area contributed by atoms with Gasteiger partial charge in [-0.2, -0.15) is 0 Å². The molecule has 0 unspecified atom stereocenters. The van der Waals surface area contributed by atoms with Crippen molar-refractivity contribution in [1.29, 1.82) is 0 Å². The zero-order valence-electron chi connectivity index (χ0n) is 13.2. The fourth-order valence-corrected chi connectivity index (χ4v) is 2.90. The Balaban J connectivity index is 1.89. The molecule has 3 rings (SSSR count). The number of carbonyl (C=O) groups is 2. The Morgan fingerprint density at radius 2 is 1.54 bits per heavy atom. The van der Waals surface area contributed by atoms with E-state index < -0.39 is 5.82 Å². The second-order valence-corrected chi connectivity index (χ2v) is 6.01. The first-order valence-corrected chi connectivity index (χ1v) is 8.00. The topological polar surface area (TPSA) is 63.4 Å². The summed E-state index contributed by atoms with van der Waals surface area (Å²) in [6.45, 7) is 1.19. The molecule has 5 heteroatoms. The van der Waals surface area contributed by atoms with Gasteiger partial charge < -0.3 is 10.6 Å². The van der Waals surface area contributed by atoms with Crippen LogP contribution in [0.3, 0.4) is 0 Å². The van der Waals surface area contributed by atoms with Crippen molar-refractivity contribution in [3.05, 3.63) is 71.0 Å². The van der Waals surface area contributed by atoms with Gasteiger partial charge in [-0.1, -0.05) is 18.2 Å². The number of benzene rings is 2. The zero-order chi connectivity index (χ0) is 17.1. The fraction of sp³-hybridized carbons (Fsp3) is 0.263. The lowest BCUT2D eigenvalue weighted by atomic mass is 9.96. The van der Waals surface area contributed by atoms with Crippen molar-refractivity contribution in [2.75, 3.05) is 13.1 Å². The maximum Gasteiger partial charge on any atom is 0.254 e. The normalized spacial score (nSPS) is 15.3. The first-order valence-electron chi connectivity index (χ1n) is 8.00. The highest BCUT2D eigenvalue weighted by molar-refractivity contribution is 6.15. The van der Waals surface area contributed by atoms with E-state index in [-0.39, 0.29) is 17.7 Å². The van der Waals surface area contributed by atoms with Crippen molar-refractivity contribution < 1.29 is 14.0 Å². The summed E-state index contributed by atoms with van der Waals surface area (Å²) in [7, 11) is 0. The van der Waals surface area contributed by atoms with Crippen LogP contribution in [-0.4, -0.2) is 35.7 Å². The Bertz CT molecular complexity index is 750. The molecule has 1 saturated heterocycles. The minimum Gasteiger partial charge on any atom is -0.339 e. The second kappa shape index (κ2) is 6.93. The third kappa shape index (κ3) is 3.36. The second-order valence-electron chi connectivity index (χ2n) is 6.01. The molecule has 4 nitrogen and oxygen atoms in total. The molecular weight excluding hydrogens is 307 g/mol. The first-order chi connectivity index (χ1) is 11.6. The largest absolute Gasteiger partial charge is 0.339 e. The Morgan fingerprint density at radius 3 is 2.17 bits per heavy atom. The van der Waals surface area contributed by atoms with Gasteiger partial charge in [0.2, 0.25) is 0 Å². The molecule has 1 amide bonds. The van der Waals surface area contributed by atoms with Gasteiger partial charge in [0.05, 0.1) is 5.56 Å². The quantitative estimate of drug-likeness (QED) is 0.882. The molecule has 2 aromatic carbocycles. The van der Waals surface area contributed by atoms with Crippen LogP contribution in [-0.2, 0) is 0 Å². The number of amides is 1. The third-order valence-corrected chi connectivity index (χ3v) is 4.34. The molecule has 0 aromatic heterocycles. The van der Waals surface area contributed by atoms with E-state index in [9.17, 15) is 14.0 Å². The lowest BCUT2D eigenvalue weighted by Gasteiger charge is -2.30. The number of carbonyl (C=O) groups excluding carboxylic acids is 2. The minimum atomic E-state index is -0.402. The molecule has 2 N–H and O–H groups in total. The van der Waals surface area contributed by atoms with Gasteiger partial charge in [-0.25, -0.2) is 4.39 Å². The van der Waals surface area contributed by atoms with E-state index in [0.29, 0.717) is 29.8 Å². The van der Waals surface area contributed by atoms with Crippen molar-refractivity contribution >= 4 is 11.7 Å². The number of hydrogen-bond acceptors (Lipinski definition) is 3. The van der Waals surface area contributed by atoms with E-state index in [1.807, 2.05) is 0 Å². The first kappa shape index (κ1) is 16.3. The average molecular weight is 326 g/mol. The van der Waals surface area contributed by atoms with Gasteiger partial charge in [0.1, 0.15) is 5.82 Å². The summed E-state index contributed by atoms with van der Waals surface area (Å²) in [5.41, 5.74) is 6.95. The number of halogens is 1. The number of hydrogen-bond donors (Lipinski definition) is 1. The van der Waals surface area contributed by atoms with Gasteiger partial charge in [0.25, 0.3) is 5.91 Å². The van der Waals surface area contributed by atoms with Crippen LogP contribution in [0, 0.1) is 5.82 Å². The van der Waals surface area contributed by atoms with Crippen LogP contribution in [0.5, 0.6) is 0 Å². The van der Waals surface area contributed by atoms with E-state index in [1.54, 1.807) is 29.2 Å². The lowest BCUT2D eigenvalue weighted by molar-refractivity contribution is 0.0711. The van der Waals surface area contributed by atoms with Crippen molar-refractivity contribution in [2.45, 2.75) is 18.9 Å². The van der Waals surface area contributed by atoms with E-state index in [2.05, 4.69) is 0 Å². The van der Waals surface area contributed by atoms with Crippen LogP contribution in [0.2, 0.25) is 0 Å². The predicted molar refractivity (Wildman–Crippen MR) is 89.4 cm³/mol. The highest BCUT2D eigenvalue weighted by Gasteiger charge is 2.25. The number of ketones is 1. The van der Waals surface area contributed by atoms with E-state index in [0.717, 1.165) is 12.8 Å². The van der Waals surface area contributed by atoms with Gasteiger partial charge in [0.15, 0.2) is 5.78 Å². The summed E-state index contributed by atoms with van der Waals surface area (Å²) < 4.78 is 13.1. The molecule has 0 radical (unpaired) electrons. The maximum absolute atomic E-state index is 13.1. The Kier molecular flexibility index (Phi) is 4.71. The molecule has 24 heavy (non-hydrogen) atoms. The van der Waals surface area contributed by atoms with Crippen molar-refractivity contribution in [3.8, 4) is 0 Å². The molecule has 0 atom stereocenters. The Hall–Kier alpha value is -2.53. The SMILES string of the molecule is NC1CCN(C(=O)c2ccccc2C(=O)c2ccc(F)cc2)CC1. The van der Waals surface area contributed by atoms with E-state index in [1.165, 1.54) is 24.3 Å². The molecule has 0 saturated carbocycles. The molecule has 124 valence electrons. The molecule has 1 aliphatic rings. The molecular formula is C19H19FN2O2. The standard InChI is InChI=1S/C19H19FN2O2/c20-14-7-5-13(6-8-14)18(23)16-3-1-2-4-17(16)19(24)22-11-9-15(21)10-12-22/h1-8,15H,9-12,21H2. The molecule has 0 spiro atoms. The zero-order valence-corrected chi connectivity index (χ0v) is 13.2. The molecule has 0 bridgehead atoms. The van der Waals surface area contributed by atoms with Crippen LogP contribution >= 0.6 is 0 Å². The Morgan fingerprint density at radius 1 is 0.958 bits per heavy atom. The van der Waals surface area contributed by atoms with Gasteiger partial charge >= 0.3 is 0 Å². The van der Waals surface area contributed by atoms with Crippen molar-refractivity contribution in [1.82, 2.24) is 4.90 Å². The van der Waals surface area contributed by atoms with Crippen molar-refractivity contribution in [2.24, 2.45) is 5.73 Å². The van der Waals surface area contributed by atoms with Gasteiger partial charge in [-0.05, 0) is 43.2 Å². The van der Waals surface area contributed by atoms with Crippen LogP contribution in [0.15, 0.2) is 48.5 Å². The van der Waals surface area contributed by atoms with E-state index >= 15 is 0 Å². The number of nitrogens with two attached hydrogens (primary N) is 1. The number of nitrogens with zero attached hydrogens (tertiary/aromatic N) is 1. The van der Waals surface area contributed by atoms with Crippen LogP contribution in [0.4, 0.5) is 4.39 Å². The number of rotatable bonds is 3. The van der Waals surface area contributed by atoms with Crippen molar-refractivity contribution in [3.63, 3.8) is 0 Å². The average Bonchev–Trinajstić information content (AvgIpc) is 2.62. The molecule has 0 aliphatic carbocycles. The molecule has 1 fully saturated rings. The highest BCUT2D eigenvalue weighted by atomic mass is 19.1. The third-order valence-electron chi connectivity index (χ3n) is 4.34. The predicted octanol–water partition coefficient (Wildman–Crippen LogP) is 2.62. The van der Waals surface area contributed by atoms with Gasteiger partial charge in [-0.3, -0.25) is 9.59 Å². The molecule has 1 aliphatic heterocycles. The van der Waals surface area contributed by atoms with Crippen LogP contribution in [0.25, 0.3) is 0 Å². The summed E-state index contributed by atoms with van der Waals surface area (Å²) in [6, 6.07) is 12.2. The molecule has 1 heterocycles. The molecule has 2 aromatic rings. The minimum absolute atomic E-state index is 0.130.